The highest BCUT2D eigenvalue weighted by atomic mass is 16.7. The zero-order valence-electron chi connectivity index (χ0n) is 51.0. The zero-order valence-corrected chi connectivity index (χ0v) is 51.0. The van der Waals surface area contributed by atoms with Crippen LogP contribution in [0.15, 0.2) is 0 Å². The molecule has 0 radical (unpaired) electrons. The van der Waals surface area contributed by atoms with Gasteiger partial charge in [0.15, 0.2) is 18.9 Å². The molecule has 3 heterocycles. The molecule has 0 aliphatic carbocycles. The molecule has 15 atom stereocenters. The Hall–Kier alpha value is -3.41. The molecule has 0 aromatic carbocycles. The summed E-state index contributed by atoms with van der Waals surface area (Å²) in [6, 6.07) is 0. The highest BCUT2D eigenvalue weighted by Crippen LogP contribution is 2.29. The highest BCUT2D eigenvalue weighted by Gasteiger charge is 2.44. The third-order valence-electron chi connectivity index (χ3n) is 14.3. The van der Waals surface area contributed by atoms with Crippen molar-refractivity contribution < 1.29 is 117 Å². The molecule has 5 amide bonds. The van der Waals surface area contributed by atoms with E-state index in [1.165, 1.54) is 0 Å². The van der Waals surface area contributed by atoms with Gasteiger partial charge in [-0.25, -0.2) is 0 Å². The van der Waals surface area contributed by atoms with Gasteiger partial charge in [0.2, 0.25) is 29.5 Å². The zero-order chi connectivity index (χ0) is 63.3. The van der Waals surface area contributed by atoms with Crippen LogP contribution >= 0.6 is 0 Å². The van der Waals surface area contributed by atoms with E-state index in [0.717, 1.165) is 6.42 Å². The first-order valence-electron chi connectivity index (χ1n) is 29.9. The number of aliphatic hydroxyl groups is 9. The van der Waals surface area contributed by atoms with Gasteiger partial charge in [0.1, 0.15) is 36.6 Å². The van der Waals surface area contributed by atoms with E-state index in [9.17, 15) is 69.9 Å². The molecule has 85 heavy (non-hydrogen) atoms. The Bertz CT molecular complexity index is 1670. The number of rotatable bonds is 42. The van der Waals surface area contributed by atoms with E-state index >= 15 is 0 Å². The Morgan fingerprint density at radius 2 is 0.729 bits per heavy atom. The molecule has 29 nitrogen and oxygen atoms in total. The summed E-state index contributed by atoms with van der Waals surface area (Å²) in [5.41, 5.74) is -0.736. The van der Waals surface area contributed by atoms with Crippen molar-refractivity contribution in [2.45, 2.75) is 186 Å². The lowest BCUT2D eigenvalue weighted by atomic mass is 9.92. The van der Waals surface area contributed by atoms with E-state index in [-0.39, 0.29) is 114 Å². The SMILES string of the molecule is CC1[C@H](OCCCNC(=O)CCOCC(C)(COCCC(=O)NCCCO[C@@H]2OC(CO)[C@H](O)[C@H](O)C2C)COCCC(=O)NCCCO[C@@H]2OC(CO)[C@H](O)[C@H](O)C2C)OC(CO)[C@H](O)[C@@H]1O.CNC(=O)CCCC(=O)NCCCOC(C)C. The molecule has 3 aliphatic rings. The first-order chi connectivity index (χ1) is 40.5. The van der Waals surface area contributed by atoms with Crippen molar-refractivity contribution in [3.05, 3.63) is 0 Å². The predicted molar refractivity (Wildman–Crippen MR) is 303 cm³/mol. The summed E-state index contributed by atoms with van der Waals surface area (Å²) in [6.45, 7) is 12.8. The van der Waals surface area contributed by atoms with Gasteiger partial charge < -0.3 is 120 Å². The van der Waals surface area contributed by atoms with Crippen LogP contribution < -0.4 is 26.6 Å². The van der Waals surface area contributed by atoms with Crippen LogP contribution in [0.2, 0.25) is 0 Å². The molecule has 3 rings (SSSR count). The van der Waals surface area contributed by atoms with Crippen molar-refractivity contribution in [3.63, 3.8) is 0 Å². The van der Waals surface area contributed by atoms with Crippen LogP contribution in [0.25, 0.3) is 0 Å². The topological polar surface area (TPSA) is 420 Å². The molecular weight excluding hydrogens is 1130 g/mol. The Morgan fingerprint density at radius 3 is 1.02 bits per heavy atom. The van der Waals surface area contributed by atoms with Gasteiger partial charge in [0.05, 0.1) is 104 Å². The van der Waals surface area contributed by atoms with Gasteiger partial charge in [0, 0.05) is 95.1 Å². The molecule has 3 saturated heterocycles. The summed E-state index contributed by atoms with van der Waals surface area (Å²) < 4.78 is 56.7. The minimum Gasteiger partial charge on any atom is -0.394 e. The van der Waals surface area contributed by atoms with Gasteiger partial charge >= 0.3 is 0 Å². The fourth-order valence-electron chi connectivity index (χ4n) is 8.81. The van der Waals surface area contributed by atoms with Gasteiger partial charge in [-0.3, -0.25) is 24.0 Å². The lowest BCUT2D eigenvalue weighted by Gasteiger charge is -2.40. The number of ether oxygens (including phenoxy) is 10. The first-order valence-corrected chi connectivity index (χ1v) is 29.9. The Morgan fingerprint density at radius 1 is 0.435 bits per heavy atom. The molecular formula is C56H105N5O24. The molecule has 0 aromatic heterocycles. The van der Waals surface area contributed by atoms with Gasteiger partial charge in [0.25, 0.3) is 0 Å². The van der Waals surface area contributed by atoms with Crippen LogP contribution in [-0.4, -0.2) is 275 Å². The smallest absolute Gasteiger partial charge is 0.222 e. The third kappa shape index (κ3) is 31.1. The van der Waals surface area contributed by atoms with Crippen molar-refractivity contribution in [1.82, 2.24) is 26.6 Å². The second-order valence-corrected chi connectivity index (χ2v) is 22.3. The number of carbonyl (C=O) groups excluding carboxylic acids is 5. The molecule has 0 spiro atoms. The van der Waals surface area contributed by atoms with Crippen LogP contribution in [0.1, 0.15) is 106 Å². The fourth-order valence-corrected chi connectivity index (χ4v) is 8.81. The number of aliphatic hydroxyl groups excluding tert-OH is 9. The van der Waals surface area contributed by atoms with Crippen LogP contribution in [0.4, 0.5) is 0 Å². The molecule has 0 bridgehead atoms. The van der Waals surface area contributed by atoms with Gasteiger partial charge in [-0.1, -0.05) is 27.7 Å². The molecule has 0 saturated carbocycles. The second-order valence-electron chi connectivity index (χ2n) is 22.3. The van der Waals surface area contributed by atoms with Crippen molar-refractivity contribution in [2.24, 2.45) is 23.2 Å². The Kier molecular flexibility index (Phi) is 40.3. The Balaban J connectivity index is 0.00000125. The summed E-state index contributed by atoms with van der Waals surface area (Å²) in [7, 11) is 1.59. The molecule has 3 fully saturated rings. The van der Waals surface area contributed by atoms with E-state index < -0.39 is 117 Å². The number of nitrogens with one attached hydrogen (secondary N) is 5. The maximum Gasteiger partial charge on any atom is 0.222 e. The molecule has 6 unspecified atom stereocenters. The fraction of sp³-hybridized carbons (Fsp3) is 0.911. The molecule has 498 valence electrons. The summed E-state index contributed by atoms with van der Waals surface area (Å²) >= 11 is 0. The molecule has 29 heteroatoms. The van der Waals surface area contributed by atoms with Crippen molar-refractivity contribution >= 4 is 29.5 Å². The predicted octanol–water partition coefficient (Wildman–Crippen LogP) is -3.16. The molecule has 0 aromatic rings. The number of carbonyl (C=O) groups is 5. The molecule has 3 aliphatic heterocycles. The normalized spacial score (nSPS) is 28.4. The number of amides is 5. The number of hydrogen-bond donors (Lipinski definition) is 14. The van der Waals surface area contributed by atoms with Crippen molar-refractivity contribution in [3.8, 4) is 0 Å². The first kappa shape index (κ1) is 77.7. The van der Waals surface area contributed by atoms with Crippen LogP contribution in [-0.2, 0) is 71.3 Å². The third-order valence-corrected chi connectivity index (χ3v) is 14.3. The van der Waals surface area contributed by atoms with Crippen LogP contribution in [0.3, 0.4) is 0 Å². The van der Waals surface area contributed by atoms with Crippen molar-refractivity contribution in [2.75, 3.05) is 119 Å². The number of hydrogen-bond acceptors (Lipinski definition) is 24. The standard InChI is InChI=1S/C44H81N3O21.C12H24N2O3/c1-26-35(54)38(57)29(20-48)66-41(26)63-14-5-11-45-32(51)8-17-60-23-44(4,24-61-18-9-33(52)46-12-6-15-64-42-27(2)36(55)39(58)30(21-49)67-42)25-62-19-10-34(53)47-13-7-16-65-43-28(3)37(56)40(59)31(22-50)68-43;1-10(2)17-9-5-8-14-12(16)7-4-6-11(15)13-3/h26-31,35-43,48-50,54-59H,5-25H2,1-4H3,(H,45,51)(H,46,52)(H,47,53);10H,4-9H2,1-3H3,(H,13,15)(H,14,16)/t26?,27?,28?,29?,30?,31?,35-,36-,37-,38+,39+,40+,41-,42-,43-,44?;/m1./s1. The lowest BCUT2D eigenvalue weighted by molar-refractivity contribution is -0.282. The summed E-state index contributed by atoms with van der Waals surface area (Å²) in [4.78, 5) is 59.8. The van der Waals surface area contributed by atoms with Gasteiger partial charge in [-0.05, 0) is 46.0 Å². The minimum atomic E-state index is -1.22. The van der Waals surface area contributed by atoms with Crippen molar-refractivity contribution in [1.29, 1.82) is 0 Å². The summed E-state index contributed by atoms with van der Waals surface area (Å²) in [5, 5.41) is 103. The van der Waals surface area contributed by atoms with E-state index in [2.05, 4.69) is 26.6 Å². The van der Waals surface area contributed by atoms with Crippen LogP contribution in [0.5, 0.6) is 0 Å². The van der Waals surface area contributed by atoms with E-state index in [0.29, 0.717) is 71.3 Å². The maximum atomic E-state index is 12.5. The van der Waals surface area contributed by atoms with Crippen LogP contribution in [0, 0.1) is 23.2 Å². The monoisotopic (exact) mass is 1230 g/mol. The summed E-state index contributed by atoms with van der Waals surface area (Å²) in [5.74, 6) is -2.38. The largest absolute Gasteiger partial charge is 0.394 e. The van der Waals surface area contributed by atoms with E-state index in [1.54, 1.807) is 27.8 Å². The van der Waals surface area contributed by atoms with Gasteiger partial charge in [-0.15, -0.1) is 0 Å². The minimum absolute atomic E-state index is 0.00144. The van der Waals surface area contributed by atoms with E-state index in [1.807, 2.05) is 20.8 Å². The maximum absolute atomic E-state index is 12.5. The lowest BCUT2D eigenvalue weighted by Crippen LogP contribution is -2.55. The highest BCUT2D eigenvalue weighted by molar-refractivity contribution is 5.78. The van der Waals surface area contributed by atoms with Gasteiger partial charge in [-0.2, -0.15) is 0 Å². The average Bonchev–Trinajstić information content (AvgIpc) is 3.63. The Labute approximate surface area is 500 Å². The second kappa shape index (κ2) is 44.1. The average molecular weight is 1230 g/mol. The summed E-state index contributed by atoms with van der Waals surface area (Å²) in [6.07, 6.45) is -8.47. The molecule has 14 N–H and O–H groups in total. The quantitative estimate of drug-likeness (QED) is 0.0268. The van der Waals surface area contributed by atoms with E-state index in [4.69, 9.17) is 47.4 Å².